The molecular weight excluding hydrogens is 385 g/mol. The number of anilines is 1. The topological polar surface area (TPSA) is 44.4 Å². The quantitative estimate of drug-likeness (QED) is 0.807. The second kappa shape index (κ2) is 7.92. The first-order chi connectivity index (χ1) is 10.5. The first-order valence-electron chi connectivity index (χ1n) is 7.72. The smallest absolute Gasteiger partial charge is 0.238 e. The number of amides is 1. The number of nitrogens with one attached hydrogen (secondary N) is 2. The number of piperidine rings is 1. The Balaban J connectivity index is 0.00000192. The SMILES string of the molecule is CN(CC(=O)Nc1ccc(Br)cc1F)C1CC2CCC(C1)N2.Cl. The standard InChI is InChI=1S/C16H21BrFN3O.ClH/c1-21(13-7-11-3-4-12(8-13)19-11)9-16(22)20-15-5-2-10(17)6-14(15)18;/h2,5-6,11-13,19H,3-4,7-9H2,1H3,(H,20,22);1H. The Labute approximate surface area is 150 Å². The molecule has 2 heterocycles. The molecule has 128 valence electrons. The van der Waals surface area contributed by atoms with Gasteiger partial charge >= 0.3 is 0 Å². The molecule has 2 fully saturated rings. The maximum absolute atomic E-state index is 13.7. The van der Waals surface area contributed by atoms with Crippen molar-refractivity contribution in [2.24, 2.45) is 0 Å². The third kappa shape index (κ3) is 4.66. The van der Waals surface area contributed by atoms with E-state index in [4.69, 9.17) is 0 Å². The minimum atomic E-state index is -0.426. The first kappa shape index (κ1) is 18.6. The Morgan fingerprint density at radius 3 is 2.65 bits per heavy atom. The molecule has 1 amide bonds. The Morgan fingerprint density at radius 2 is 2.04 bits per heavy atom. The third-order valence-corrected chi connectivity index (χ3v) is 5.16. The molecule has 2 atom stereocenters. The highest BCUT2D eigenvalue weighted by atomic mass is 79.9. The molecule has 3 rings (SSSR count). The summed E-state index contributed by atoms with van der Waals surface area (Å²) in [5.74, 6) is -0.597. The van der Waals surface area contributed by atoms with Gasteiger partial charge in [-0.1, -0.05) is 15.9 Å². The Hall–Kier alpha value is -0.690. The van der Waals surface area contributed by atoms with Crippen LogP contribution in [0.3, 0.4) is 0 Å². The second-order valence-corrected chi connectivity index (χ2v) is 7.27. The lowest BCUT2D eigenvalue weighted by Gasteiger charge is -2.35. The molecule has 0 spiro atoms. The van der Waals surface area contributed by atoms with E-state index in [0.717, 1.165) is 12.8 Å². The molecule has 2 bridgehead atoms. The highest BCUT2D eigenvalue weighted by Crippen LogP contribution is 2.29. The maximum Gasteiger partial charge on any atom is 0.238 e. The lowest BCUT2D eigenvalue weighted by molar-refractivity contribution is -0.117. The van der Waals surface area contributed by atoms with E-state index in [1.807, 2.05) is 7.05 Å². The lowest BCUT2D eigenvalue weighted by Crippen LogP contribution is -2.48. The average molecular weight is 407 g/mol. The predicted molar refractivity (Wildman–Crippen MR) is 95.6 cm³/mol. The van der Waals surface area contributed by atoms with E-state index < -0.39 is 5.82 Å². The number of hydrogen-bond acceptors (Lipinski definition) is 3. The highest BCUT2D eigenvalue weighted by molar-refractivity contribution is 9.10. The second-order valence-electron chi connectivity index (χ2n) is 6.35. The molecule has 0 aliphatic carbocycles. The summed E-state index contributed by atoms with van der Waals surface area (Å²) >= 11 is 3.21. The minimum absolute atomic E-state index is 0. The van der Waals surface area contributed by atoms with Crippen LogP contribution in [-0.4, -0.2) is 42.5 Å². The summed E-state index contributed by atoms with van der Waals surface area (Å²) in [6.45, 7) is 0.291. The Bertz CT molecular complexity index is 562. The van der Waals surface area contributed by atoms with E-state index in [9.17, 15) is 9.18 Å². The van der Waals surface area contributed by atoms with Crippen LogP contribution in [0.5, 0.6) is 0 Å². The van der Waals surface area contributed by atoms with E-state index in [1.165, 1.54) is 18.9 Å². The zero-order valence-electron chi connectivity index (χ0n) is 13.0. The van der Waals surface area contributed by atoms with Gasteiger partial charge in [-0.3, -0.25) is 9.69 Å². The summed E-state index contributed by atoms with van der Waals surface area (Å²) in [7, 11) is 1.98. The van der Waals surface area contributed by atoms with Crippen LogP contribution in [0.2, 0.25) is 0 Å². The number of nitrogens with zero attached hydrogens (tertiary/aromatic N) is 1. The number of carbonyl (C=O) groups is 1. The van der Waals surface area contributed by atoms with Crippen LogP contribution in [-0.2, 0) is 4.79 Å². The fourth-order valence-electron chi connectivity index (χ4n) is 3.52. The van der Waals surface area contributed by atoms with E-state index in [-0.39, 0.29) is 24.0 Å². The Morgan fingerprint density at radius 1 is 1.39 bits per heavy atom. The van der Waals surface area contributed by atoms with Gasteiger partial charge in [-0.15, -0.1) is 12.4 Å². The van der Waals surface area contributed by atoms with Gasteiger partial charge in [0.2, 0.25) is 5.91 Å². The summed E-state index contributed by atoms with van der Waals surface area (Å²) in [6.07, 6.45) is 4.66. The first-order valence-corrected chi connectivity index (χ1v) is 8.52. The van der Waals surface area contributed by atoms with Crippen LogP contribution in [0.15, 0.2) is 22.7 Å². The summed E-state index contributed by atoms with van der Waals surface area (Å²) in [5.41, 5.74) is 0.229. The molecule has 23 heavy (non-hydrogen) atoms. The largest absolute Gasteiger partial charge is 0.322 e. The number of benzene rings is 1. The number of carbonyl (C=O) groups excluding carboxylic acids is 1. The van der Waals surface area contributed by atoms with E-state index in [1.54, 1.807) is 12.1 Å². The molecule has 0 radical (unpaired) electrons. The molecule has 1 aromatic rings. The minimum Gasteiger partial charge on any atom is -0.322 e. The molecule has 2 N–H and O–H groups in total. The fourth-order valence-corrected chi connectivity index (χ4v) is 3.86. The van der Waals surface area contributed by atoms with Crippen molar-refractivity contribution in [2.75, 3.05) is 18.9 Å². The van der Waals surface area contributed by atoms with Gasteiger partial charge < -0.3 is 10.6 Å². The van der Waals surface area contributed by atoms with Crippen molar-refractivity contribution in [3.8, 4) is 0 Å². The summed E-state index contributed by atoms with van der Waals surface area (Å²) in [4.78, 5) is 14.2. The molecule has 2 aliphatic rings. The lowest BCUT2D eigenvalue weighted by atomic mass is 9.98. The number of rotatable bonds is 4. The van der Waals surface area contributed by atoms with Crippen molar-refractivity contribution in [2.45, 2.75) is 43.8 Å². The van der Waals surface area contributed by atoms with Crippen LogP contribution in [0, 0.1) is 5.82 Å². The average Bonchev–Trinajstić information content (AvgIpc) is 2.80. The van der Waals surface area contributed by atoms with Crippen LogP contribution >= 0.6 is 28.3 Å². The normalized spacial score (nSPS) is 26.0. The van der Waals surface area contributed by atoms with Gasteiger partial charge in [-0.05, 0) is 50.9 Å². The zero-order valence-corrected chi connectivity index (χ0v) is 15.4. The van der Waals surface area contributed by atoms with Gasteiger partial charge in [0.25, 0.3) is 0 Å². The molecule has 4 nitrogen and oxygen atoms in total. The van der Waals surface area contributed by atoms with E-state index in [0.29, 0.717) is 29.1 Å². The van der Waals surface area contributed by atoms with Crippen molar-refractivity contribution < 1.29 is 9.18 Å². The van der Waals surface area contributed by atoms with Crippen molar-refractivity contribution in [1.29, 1.82) is 0 Å². The van der Waals surface area contributed by atoms with Crippen molar-refractivity contribution in [1.82, 2.24) is 10.2 Å². The Kier molecular flexibility index (Phi) is 6.42. The van der Waals surface area contributed by atoms with Crippen molar-refractivity contribution in [3.63, 3.8) is 0 Å². The van der Waals surface area contributed by atoms with Crippen molar-refractivity contribution >= 4 is 39.9 Å². The monoisotopic (exact) mass is 405 g/mol. The van der Waals surface area contributed by atoms with Crippen LogP contribution in [0.4, 0.5) is 10.1 Å². The molecule has 7 heteroatoms. The van der Waals surface area contributed by atoms with Gasteiger partial charge in [-0.2, -0.15) is 0 Å². The number of halogens is 3. The molecular formula is C16H22BrClFN3O. The van der Waals surface area contributed by atoms with Crippen LogP contribution < -0.4 is 10.6 Å². The molecule has 0 aromatic heterocycles. The fraction of sp³-hybridized carbons (Fsp3) is 0.562. The predicted octanol–water partition coefficient (Wildman–Crippen LogP) is 3.16. The maximum atomic E-state index is 13.7. The van der Waals surface area contributed by atoms with E-state index in [2.05, 4.69) is 31.5 Å². The zero-order chi connectivity index (χ0) is 15.7. The molecule has 2 unspecified atom stereocenters. The van der Waals surface area contributed by atoms with Gasteiger partial charge in [-0.25, -0.2) is 4.39 Å². The highest BCUT2D eigenvalue weighted by Gasteiger charge is 2.35. The van der Waals surface area contributed by atoms with Gasteiger partial charge in [0.1, 0.15) is 5.82 Å². The summed E-state index contributed by atoms with van der Waals surface area (Å²) in [6, 6.07) is 6.26. The van der Waals surface area contributed by atoms with Crippen molar-refractivity contribution in [3.05, 3.63) is 28.5 Å². The number of fused-ring (bicyclic) bond motifs is 2. The van der Waals surface area contributed by atoms with Gasteiger partial charge in [0.05, 0.1) is 12.2 Å². The number of hydrogen-bond donors (Lipinski definition) is 2. The van der Waals surface area contributed by atoms with Crippen LogP contribution in [0.25, 0.3) is 0 Å². The molecule has 2 aliphatic heterocycles. The van der Waals surface area contributed by atoms with Gasteiger partial charge in [0, 0.05) is 22.6 Å². The molecule has 2 saturated heterocycles. The number of likely N-dealkylation sites (N-methyl/N-ethyl adjacent to an activating group) is 1. The molecule has 1 aromatic carbocycles. The van der Waals surface area contributed by atoms with E-state index >= 15 is 0 Å². The summed E-state index contributed by atoms with van der Waals surface area (Å²) < 4.78 is 14.4. The molecule has 0 saturated carbocycles. The third-order valence-electron chi connectivity index (χ3n) is 4.67. The van der Waals surface area contributed by atoms with Crippen LogP contribution in [0.1, 0.15) is 25.7 Å². The summed E-state index contributed by atoms with van der Waals surface area (Å²) in [5, 5.41) is 6.25. The van der Waals surface area contributed by atoms with Gasteiger partial charge in [0.15, 0.2) is 0 Å².